The van der Waals surface area contributed by atoms with Gasteiger partial charge in [-0.3, -0.25) is 10.1 Å². The average molecular weight is 596 g/mol. The Kier molecular flexibility index (Phi) is 8.28. The summed E-state index contributed by atoms with van der Waals surface area (Å²) in [5.41, 5.74) is 1.84. The minimum absolute atomic E-state index is 0.00602. The van der Waals surface area contributed by atoms with Crippen LogP contribution in [0.5, 0.6) is 5.75 Å². The summed E-state index contributed by atoms with van der Waals surface area (Å²) >= 11 is 0. The predicted octanol–water partition coefficient (Wildman–Crippen LogP) is 5.35. The molecule has 2 atom stereocenters. The molecular weight excluding hydrogens is 565 g/mol. The lowest BCUT2D eigenvalue weighted by Gasteiger charge is -2.34. The molecule has 0 bridgehead atoms. The van der Waals surface area contributed by atoms with E-state index >= 15 is 0 Å². The zero-order valence-electron chi connectivity index (χ0n) is 22.9. The number of para-hydroxylation sites is 1. The number of sulfonamides is 1. The molecular formula is C30H30FN3O7S. The van der Waals surface area contributed by atoms with Gasteiger partial charge in [-0.2, -0.15) is 4.31 Å². The zero-order chi connectivity index (χ0) is 30.0. The van der Waals surface area contributed by atoms with Gasteiger partial charge in [-0.15, -0.1) is 0 Å². The summed E-state index contributed by atoms with van der Waals surface area (Å²) in [4.78, 5) is 22.6. The normalized spacial score (nSPS) is 15.8. The highest BCUT2D eigenvalue weighted by atomic mass is 32.2. The van der Waals surface area contributed by atoms with E-state index in [-0.39, 0.29) is 30.2 Å². The van der Waals surface area contributed by atoms with Crippen LogP contribution in [-0.4, -0.2) is 52.5 Å². The van der Waals surface area contributed by atoms with Crippen molar-refractivity contribution >= 4 is 32.6 Å². The van der Waals surface area contributed by atoms with Gasteiger partial charge in [-0.25, -0.2) is 17.6 Å². The second-order valence-corrected chi connectivity index (χ2v) is 12.0. The third-order valence-electron chi connectivity index (χ3n) is 7.70. The number of rotatable bonds is 11. The number of nitro benzene ring substituents is 1. The number of ether oxygens (including phenoxy) is 1. The van der Waals surface area contributed by atoms with Crippen LogP contribution in [0.2, 0.25) is 0 Å². The van der Waals surface area contributed by atoms with Gasteiger partial charge in [0.25, 0.3) is 5.69 Å². The van der Waals surface area contributed by atoms with E-state index in [0.29, 0.717) is 41.5 Å². The Morgan fingerprint density at radius 3 is 2.52 bits per heavy atom. The van der Waals surface area contributed by atoms with Gasteiger partial charge >= 0.3 is 5.97 Å². The number of fused-ring (bicyclic) bond motifs is 3. The van der Waals surface area contributed by atoms with Crippen LogP contribution in [0.25, 0.3) is 10.9 Å². The Hall–Kier alpha value is -4.29. The summed E-state index contributed by atoms with van der Waals surface area (Å²) < 4.78 is 51.3. The SMILES string of the molecule is CCC(C(=O)O)n1c2c(c3cc(F)ccc31)CC(N(CCOc1ccccc1)S(=O)(=O)c1ccc([N+](=O)[O-])cc1)CC2. The summed E-state index contributed by atoms with van der Waals surface area (Å²) in [6, 6.07) is 16.5. The number of aromatic nitrogens is 1. The van der Waals surface area contributed by atoms with Gasteiger partial charge in [0.1, 0.15) is 24.2 Å². The molecule has 5 rings (SSSR count). The number of benzene rings is 3. The van der Waals surface area contributed by atoms with Crippen molar-refractivity contribution in [1.29, 1.82) is 0 Å². The van der Waals surface area contributed by atoms with Crippen LogP contribution < -0.4 is 4.74 Å². The fraction of sp³-hybridized carbons (Fsp3) is 0.300. The van der Waals surface area contributed by atoms with Crippen molar-refractivity contribution in [3.63, 3.8) is 0 Å². The van der Waals surface area contributed by atoms with E-state index in [0.717, 1.165) is 17.8 Å². The number of hydrogen-bond acceptors (Lipinski definition) is 6. The minimum Gasteiger partial charge on any atom is -0.492 e. The molecule has 10 nitrogen and oxygen atoms in total. The van der Waals surface area contributed by atoms with Gasteiger partial charge in [0.15, 0.2) is 0 Å². The maximum atomic E-state index is 14.4. The topological polar surface area (TPSA) is 132 Å². The third-order valence-corrected chi connectivity index (χ3v) is 9.67. The zero-order valence-corrected chi connectivity index (χ0v) is 23.7. The highest BCUT2D eigenvalue weighted by molar-refractivity contribution is 7.89. The first-order chi connectivity index (χ1) is 20.1. The maximum absolute atomic E-state index is 14.4. The van der Waals surface area contributed by atoms with E-state index in [1.54, 1.807) is 41.8 Å². The van der Waals surface area contributed by atoms with Crippen LogP contribution in [0, 0.1) is 15.9 Å². The van der Waals surface area contributed by atoms with Crippen LogP contribution in [0.15, 0.2) is 77.7 Å². The van der Waals surface area contributed by atoms with Crippen molar-refractivity contribution in [2.45, 2.75) is 49.6 Å². The van der Waals surface area contributed by atoms with E-state index in [1.807, 2.05) is 6.07 Å². The number of non-ortho nitro benzene ring substituents is 1. The monoisotopic (exact) mass is 595 g/mol. The molecule has 0 saturated carbocycles. The molecule has 0 spiro atoms. The highest BCUT2D eigenvalue weighted by Crippen LogP contribution is 2.38. The summed E-state index contributed by atoms with van der Waals surface area (Å²) in [6.07, 6.45) is 1.32. The van der Waals surface area contributed by atoms with Crippen molar-refractivity contribution in [1.82, 2.24) is 8.87 Å². The van der Waals surface area contributed by atoms with Crippen LogP contribution >= 0.6 is 0 Å². The quantitative estimate of drug-likeness (QED) is 0.183. The number of nitrogens with zero attached hydrogens (tertiary/aromatic N) is 3. The number of carboxylic acids is 1. The Balaban J connectivity index is 1.54. The molecule has 0 saturated heterocycles. The Bertz CT molecular complexity index is 1720. The Morgan fingerprint density at radius 1 is 1.17 bits per heavy atom. The first-order valence-corrected chi connectivity index (χ1v) is 15.0. The standard InChI is InChI=1S/C30H30FN3O7S/c1-2-27(30(35)36)33-28-14-8-20(31)18-25(28)26-19-22(11-15-29(26)33)32(16-17-41-23-6-4-3-5-7-23)42(39,40)24-12-9-21(10-13-24)34(37)38/h3-10,12-14,18,22,27H,2,11,15-17,19H2,1H3,(H,35,36). The molecule has 0 aliphatic heterocycles. The highest BCUT2D eigenvalue weighted by Gasteiger charge is 2.37. The van der Waals surface area contributed by atoms with Gasteiger partial charge in [0.05, 0.1) is 9.82 Å². The minimum atomic E-state index is -4.13. The van der Waals surface area contributed by atoms with Crippen molar-refractivity contribution in [2.75, 3.05) is 13.2 Å². The summed E-state index contributed by atoms with van der Waals surface area (Å²) in [5, 5.41) is 21.6. The molecule has 1 aromatic heterocycles. The molecule has 1 aliphatic rings. The summed E-state index contributed by atoms with van der Waals surface area (Å²) in [7, 11) is -4.13. The van der Waals surface area contributed by atoms with Crippen LogP contribution in [0.1, 0.15) is 37.1 Å². The molecule has 3 aromatic carbocycles. The first kappa shape index (κ1) is 29.2. The lowest BCUT2D eigenvalue weighted by Crippen LogP contribution is -2.45. The smallest absolute Gasteiger partial charge is 0.326 e. The van der Waals surface area contributed by atoms with E-state index in [2.05, 4.69) is 0 Å². The molecule has 0 fully saturated rings. The van der Waals surface area contributed by atoms with E-state index in [1.165, 1.54) is 28.6 Å². The number of carboxylic acid groups (broad SMARTS) is 1. The molecule has 12 heteroatoms. The van der Waals surface area contributed by atoms with E-state index < -0.39 is 38.8 Å². The first-order valence-electron chi connectivity index (χ1n) is 13.6. The maximum Gasteiger partial charge on any atom is 0.326 e. The fourth-order valence-electron chi connectivity index (χ4n) is 5.76. The lowest BCUT2D eigenvalue weighted by molar-refractivity contribution is -0.384. The number of nitro groups is 1. The van der Waals surface area contributed by atoms with Crippen molar-refractivity contribution in [3.05, 3.63) is 100.0 Å². The largest absolute Gasteiger partial charge is 0.492 e. The second kappa shape index (κ2) is 11.9. The molecule has 1 heterocycles. The van der Waals surface area contributed by atoms with Crippen LogP contribution in [-0.2, 0) is 27.7 Å². The van der Waals surface area contributed by atoms with Crippen molar-refractivity contribution in [3.8, 4) is 5.75 Å². The summed E-state index contributed by atoms with van der Waals surface area (Å²) in [5.74, 6) is -0.891. The number of halogens is 1. The third kappa shape index (κ3) is 5.59. The molecule has 0 amide bonds. The second-order valence-electron chi connectivity index (χ2n) is 10.1. The van der Waals surface area contributed by atoms with Crippen LogP contribution in [0.3, 0.4) is 0 Å². The molecule has 42 heavy (non-hydrogen) atoms. The van der Waals surface area contributed by atoms with Gasteiger partial charge in [0.2, 0.25) is 10.0 Å². The van der Waals surface area contributed by atoms with E-state index in [9.17, 15) is 32.8 Å². The Morgan fingerprint density at radius 2 is 1.88 bits per heavy atom. The van der Waals surface area contributed by atoms with Crippen LogP contribution in [0.4, 0.5) is 10.1 Å². The fourth-order valence-corrected chi connectivity index (χ4v) is 7.40. The van der Waals surface area contributed by atoms with Gasteiger partial charge in [-0.1, -0.05) is 25.1 Å². The van der Waals surface area contributed by atoms with E-state index in [4.69, 9.17) is 4.74 Å². The molecule has 220 valence electrons. The molecule has 4 aromatic rings. The van der Waals surface area contributed by atoms with Gasteiger partial charge in [-0.05, 0) is 73.7 Å². The molecule has 2 unspecified atom stereocenters. The number of aliphatic carboxylic acids is 1. The summed E-state index contributed by atoms with van der Waals surface area (Å²) in [6.45, 7) is 1.82. The molecule has 1 aliphatic carbocycles. The van der Waals surface area contributed by atoms with Gasteiger partial charge in [0, 0.05) is 41.3 Å². The number of hydrogen-bond donors (Lipinski definition) is 1. The molecule has 0 radical (unpaired) electrons. The van der Waals surface area contributed by atoms with Crippen molar-refractivity contribution < 1.29 is 32.4 Å². The predicted molar refractivity (Wildman–Crippen MR) is 154 cm³/mol. The lowest BCUT2D eigenvalue weighted by atomic mass is 9.91. The van der Waals surface area contributed by atoms with Gasteiger partial charge < -0.3 is 14.4 Å². The number of carbonyl (C=O) groups is 1. The average Bonchev–Trinajstić information content (AvgIpc) is 3.28. The Labute approximate surface area is 242 Å². The van der Waals surface area contributed by atoms with Crippen molar-refractivity contribution in [2.24, 2.45) is 0 Å². The molecule has 1 N–H and O–H groups in total.